The van der Waals surface area contributed by atoms with Crippen molar-refractivity contribution in [2.45, 2.75) is 19.8 Å². The van der Waals surface area contributed by atoms with Crippen LogP contribution in [0.2, 0.25) is 0 Å². The fourth-order valence-corrected chi connectivity index (χ4v) is 2.87. The molecule has 5 heteroatoms. The van der Waals surface area contributed by atoms with Gasteiger partial charge >= 0.3 is 5.97 Å². The summed E-state index contributed by atoms with van der Waals surface area (Å²) in [7, 11) is 1.86. The summed E-state index contributed by atoms with van der Waals surface area (Å²) in [5, 5.41) is 5.45. The topological polar surface area (TPSA) is 61.2 Å². The fourth-order valence-electron chi connectivity index (χ4n) is 2.87. The average Bonchev–Trinajstić information content (AvgIpc) is 2.94. The Hall–Kier alpha value is -2.17. The van der Waals surface area contributed by atoms with Crippen LogP contribution >= 0.6 is 0 Å². The lowest BCUT2D eigenvalue weighted by atomic mass is 9.78. The van der Waals surface area contributed by atoms with E-state index in [1.807, 2.05) is 31.3 Å². The molecular formula is C15H16N2O3. The maximum Gasteiger partial charge on any atom is 0.320 e. The van der Waals surface area contributed by atoms with Crippen molar-refractivity contribution in [1.29, 1.82) is 0 Å². The van der Waals surface area contributed by atoms with Crippen LogP contribution in [-0.4, -0.2) is 28.1 Å². The lowest BCUT2D eigenvalue weighted by Crippen LogP contribution is -2.36. The maximum absolute atomic E-state index is 12.0. The van der Waals surface area contributed by atoms with Gasteiger partial charge in [0.15, 0.2) is 0 Å². The van der Waals surface area contributed by atoms with Gasteiger partial charge in [0, 0.05) is 25.3 Å². The van der Waals surface area contributed by atoms with Gasteiger partial charge in [-0.15, -0.1) is 0 Å². The first-order chi connectivity index (χ1) is 9.54. The first-order valence-corrected chi connectivity index (χ1v) is 6.63. The van der Waals surface area contributed by atoms with Gasteiger partial charge in [0.05, 0.1) is 17.8 Å². The number of ketones is 1. The summed E-state index contributed by atoms with van der Waals surface area (Å²) in [5.74, 6) is -0.561. The monoisotopic (exact) mass is 272 g/mol. The molecule has 2 heterocycles. The molecule has 0 amide bonds. The Morgan fingerprint density at radius 2 is 2.20 bits per heavy atom. The number of esters is 1. The van der Waals surface area contributed by atoms with Gasteiger partial charge in [-0.1, -0.05) is 18.2 Å². The summed E-state index contributed by atoms with van der Waals surface area (Å²) in [6, 6.07) is 7.81. The number of hydrogen-bond acceptors (Lipinski definition) is 4. The molecule has 1 aliphatic heterocycles. The van der Waals surface area contributed by atoms with Crippen molar-refractivity contribution in [3.8, 4) is 0 Å². The Labute approximate surface area is 116 Å². The Morgan fingerprint density at radius 3 is 2.85 bits per heavy atom. The summed E-state index contributed by atoms with van der Waals surface area (Å²) < 4.78 is 6.80. The van der Waals surface area contributed by atoms with E-state index in [-0.39, 0.29) is 5.78 Å². The SMILES string of the molecule is CC(=O)C1(Cc2nn(C)c3ccccc23)CCOC1=O. The third-order valence-corrected chi connectivity index (χ3v) is 4.13. The summed E-state index contributed by atoms with van der Waals surface area (Å²) in [6.45, 7) is 1.76. The van der Waals surface area contributed by atoms with Crippen LogP contribution in [-0.2, 0) is 27.8 Å². The Balaban J connectivity index is 2.08. The number of aryl methyl sites for hydroxylation is 1. The molecule has 1 fully saturated rings. The molecule has 0 radical (unpaired) electrons. The Kier molecular flexibility index (Phi) is 2.85. The van der Waals surface area contributed by atoms with E-state index in [9.17, 15) is 9.59 Å². The van der Waals surface area contributed by atoms with Crippen molar-refractivity contribution in [1.82, 2.24) is 9.78 Å². The molecule has 1 atom stereocenters. The quantitative estimate of drug-likeness (QED) is 0.629. The van der Waals surface area contributed by atoms with Gasteiger partial charge in [-0.05, 0) is 13.0 Å². The van der Waals surface area contributed by atoms with Gasteiger partial charge in [0.1, 0.15) is 11.2 Å². The predicted molar refractivity (Wildman–Crippen MR) is 73.1 cm³/mol. The second-order valence-corrected chi connectivity index (χ2v) is 5.29. The Bertz CT molecular complexity index is 704. The number of para-hydroxylation sites is 1. The van der Waals surface area contributed by atoms with Crippen molar-refractivity contribution in [3.63, 3.8) is 0 Å². The number of carbonyl (C=O) groups excluding carboxylic acids is 2. The molecule has 2 aromatic rings. The molecule has 0 spiro atoms. The second kappa shape index (κ2) is 4.44. The lowest BCUT2D eigenvalue weighted by Gasteiger charge is -2.20. The molecule has 1 aliphatic rings. The molecule has 1 aromatic heterocycles. The minimum atomic E-state index is -1.06. The van der Waals surface area contributed by atoms with Crippen molar-refractivity contribution in [2.75, 3.05) is 6.61 Å². The number of fused-ring (bicyclic) bond motifs is 1. The van der Waals surface area contributed by atoms with Gasteiger partial charge in [-0.3, -0.25) is 14.3 Å². The van der Waals surface area contributed by atoms with Crippen LogP contribution in [0.4, 0.5) is 0 Å². The molecule has 0 saturated carbocycles. The fraction of sp³-hybridized carbons (Fsp3) is 0.400. The van der Waals surface area contributed by atoms with E-state index < -0.39 is 11.4 Å². The van der Waals surface area contributed by atoms with E-state index in [2.05, 4.69) is 5.10 Å². The van der Waals surface area contributed by atoms with E-state index in [0.717, 1.165) is 16.6 Å². The summed E-state index contributed by atoms with van der Waals surface area (Å²) in [5.41, 5.74) is 0.710. The molecule has 5 nitrogen and oxygen atoms in total. The van der Waals surface area contributed by atoms with Crippen LogP contribution in [0.5, 0.6) is 0 Å². The van der Waals surface area contributed by atoms with Gasteiger partial charge in [-0.2, -0.15) is 5.10 Å². The van der Waals surface area contributed by atoms with Crippen LogP contribution in [0.25, 0.3) is 10.9 Å². The number of Topliss-reactive ketones (excluding diaryl/α,β-unsaturated/α-hetero) is 1. The number of carbonyl (C=O) groups is 2. The predicted octanol–water partition coefficient (Wildman–Crippen LogP) is 1.64. The zero-order valence-electron chi connectivity index (χ0n) is 11.5. The molecule has 0 bridgehead atoms. The first kappa shape index (κ1) is 12.8. The summed E-state index contributed by atoms with van der Waals surface area (Å²) >= 11 is 0. The van der Waals surface area contributed by atoms with E-state index in [4.69, 9.17) is 4.74 Å². The number of ether oxygens (including phenoxy) is 1. The zero-order valence-corrected chi connectivity index (χ0v) is 11.5. The standard InChI is InChI=1S/C15H16N2O3/c1-10(18)15(7-8-20-14(15)19)9-12-11-5-3-4-6-13(11)17(2)16-12/h3-6H,7-9H2,1-2H3. The van der Waals surface area contributed by atoms with E-state index in [1.54, 1.807) is 4.68 Å². The first-order valence-electron chi connectivity index (χ1n) is 6.63. The number of aromatic nitrogens is 2. The normalized spacial score (nSPS) is 22.2. The number of cyclic esters (lactones) is 1. The molecular weight excluding hydrogens is 256 g/mol. The van der Waals surface area contributed by atoms with E-state index in [1.165, 1.54) is 6.92 Å². The smallest absolute Gasteiger partial charge is 0.320 e. The average molecular weight is 272 g/mol. The van der Waals surface area contributed by atoms with Crippen molar-refractivity contribution in [2.24, 2.45) is 12.5 Å². The highest BCUT2D eigenvalue weighted by Gasteiger charge is 2.49. The summed E-state index contributed by atoms with van der Waals surface area (Å²) in [6.07, 6.45) is 0.745. The number of benzene rings is 1. The highest BCUT2D eigenvalue weighted by molar-refractivity contribution is 6.04. The van der Waals surface area contributed by atoms with Crippen LogP contribution in [0, 0.1) is 5.41 Å². The molecule has 20 heavy (non-hydrogen) atoms. The van der Waals surface area contributed by atoms with Crippen molar-refractivity contribution in [3.05, 3.63) is 30.0 Å². The number of nitrogens with zero attached hydrogens (tertiary/aromatic N) is 2. The largest absolute Gasteiger partial charge is 0.465 e. The zero-order chi connectivity index (χ0) is 14.3. The molecule has 104 valence electrons. The molecule has 0 N–H and O–H groups in total. The molecule has 1 aromatic carbocycles. The highest BCUT2D eigenvalue weighted by Crippen LogP contribution is 2.36. The van der Waals surface area contributed by atoms with Crippen LogP contribution in [0.1, 0.15) is 19.0 Å². The van der Waals surface area contributed by atoms with Gasteiger partial charge in [0.2, 0.25) is 0 Å². The van der Waals surface area contributed by atoms with Gasteiger partial charge in [0.25, 0.3) is 0 Å². The van der Waals surface area contributed by atoms with Crippen molar-refractivity contribution < 1.29 is 14.3 Å². The van der Waals surface area contributed by atoms with E-state index >= 15 is 0 Å². The van der Waals surface area contributed by atoms with E-state index in [0.29, 0.717) is 19.4 Å². The third-order valence-electron chi connectivity index (χ3n) is 4.13. The minimum Gasteiger partial charge on any atom is -0.465 e. The second-order valence-electron chi connectivity index (χ2n) is 5.29. The Morgan fingerprint density at radius 1 is 1.45 bits per heavy atom. The number of hydrogen-bond donors (Lipinski definition) is 0. The third kappa shape index (κ3) is 1.73. The molecule has 1 saturated heterocycles. The minimum absolute atomic E-state index is 0.144. The van der Waals surface area contributed by atoms with Crippen molar-refractivity contribution >= 4 is 22.7 Å². The van der Waals surface area contributed by atoms with Gasteiger partial charge < -0.3 is 4.74 Å². The van der Waals surface area contributed by atoms with Crippen LogP contribution in [0.15, 0.2) is 24.3 Å². The van der Waals surface area contributed by atoms with Crippen LogP contribution in [0.3, 0.4) is 0 Å². The summed E-state index contributed by atoms with van der Waals surface area (Å²) in [4.78, 5) is 24.0. The highest BCUT2D eigenvalue weighted by atomic mass is 16.5. The van der Waals surface area contributed by atoms with Gasteiger partial charge in [-0.25, -0.2) is 0 Å². The molecule has 1 unspecified atom stereocenters. The number of rotatable bonds is 3. The maximum atomic E-state index is 12.0. The molecule has 3 rings (SSSR count). The van der Waals surface area contributed by atoms with Crippen LogP contribution < -0.4 is 0 Å². The lowest BCUT2D eigenvalue weighted by molar-refractivity contribution is -0.150. The molecule has 0 aliphatic carbocycles.